The van der Waals surface area contributed by atoms with Crippen molar-refractivity contribution in [1.82, 2.24) is 9.97 Å². The average molecular weight is 378 g/mol. The number of aromatic nitrogens is 2. The lowest BCUT2D eigenvalue weighted by Gasteiger charge is -2.08. The van der Waals surface area contributed by atoms with E-state index in [1.165, 1.54) is 0 Å². The fraction of sp³-hybridized carbons (Fsp3) is 0.300. The molecule has 8 heteroatoms. The van der Waals surface area contributed by atoms with Crippen LogP contribution >= 0.6 is 0 Å². The molecule has 1 aromatic carbocycles. The number of anilines is 1. The van der Waals surface area contributed by atoms with Crippen molar-refractivity contribution in [2.45, 2.75) is 0 Å². The van der Waals surface area contributed by atoms with Crippen LogP contribution in [0.5, 0.6) is 0 Å². The summed E-state index contributed by atoms with van der Waals surface area (Å²) < 4.78 is 10.7. The summed E-state index contributed by atoms with van der Waals surface area (Å²) in [5.74, 6) is 0.791. The molecule has 0 fully saturated rings. The summed E-state index contributed by atoms with van der Waals surface area (Å²) in [7, 11) is 0. The highest BCUT2D eigenvalue weighted by Crippen LogP contribution is 2.21. The molecule has 2 heterocycles. The van der Waals surface area contributed by atoms with Crippen LogP contribution in [0.15, 0.2) is 59.8 Å². The van der Waals surface area contributed by atoms with Crippen LogP contribution in [0.2, 0.25) is 0 Å². The molecule has 2 aromatic heterocycles. The molecule has 28 heavy (non-hydrogen) atoms. The number of nitrogens with one attached hydrogen (secondary N) is 1. The van der Waals surface area contributed by atoms with Crippen molar-refractivity contribution in [2.24, 2.45) is 5.11 Å². The van der Waals surface area contributed by atoms with Gasteiger partial charge in [0.25, 0.3) is 0 Å². The van der Waals surface area contributed by atoms with Crippen LogP contribution in [-0.4, -0.2) is 49.5 Å². The fourth-order valence-electron chi connectivity index (χ4n) is 2.60. The number of benzene rings is 1. The minimum Gasteiger partial charge on any atom is -0.379 e. The standard InChI is InChI=1S/C20H22N6O2/c21-26-24-10-12-28-14-13-27-11-9-22-20-8-6-17(15-23-20)19-7-5-16-3-1-2-4-18(16)25-19/h1-8,15H,9-14H2,(H,22,23). The molecule has 0 saturated carbocycles. The maximum Gasteiger partial charge on any atom is 0.125 e. The van der Waals surface area contributed by atoms with Crippen molar-refractivity contribution in [2.75, 3.05) is 44.8 Å². The largest absolute Gasteiger partial charge is 0.379 e. The maximum atomic E-state index is 8.13. The third-order valence-electron chi connectivity index (χ3n) is 3.98. The third-order valence-corrected chi connectivity index (χ3v) is 3.98. The van der Waals surface area contributed by atoms with Crippen molar-refractivity contribution in [3.05, 3.63) is 65.2 Å². The van der Waals surface area contributed by atoms with Crippen molar-refractivity contribution < 1.29 is 9.47 Å². The van der Waals surface area contributed by atoms with Gasteiger partial charge in [0, 0.05) is 35.1 Å². The predicted octanol–water partition coefficient (Wildman–Crippen LogP) is 4.05. The van der Waals surface area contributed by atoms with Gasteiger partial charge < -0.3 is 14.8 Å². The van der Waals surface area contributed by atoms with E-state index in [2.05, 4.69) is 37.4 Å². The second-order valence-electron chi connectivity index (χ2n) is 5.93. The number of nitrogens with zero attached hydrogens (tertiary/aromatic N) is 5. The van der Waals surface area contributed by atoms with Crippen LogP contribution in [0.1, 0.15) is 0 Å². The van der Waals surface area contributed by atoms with Crippen LogP contribution in [-0.2, 0) is 9.47 Å². The van der Waals surface area contributed by atoms with Gasteiger partial charge in [0.15, 0.2) is 0 Å². The van der Waals surface area contributed by atoms with E-state index in [0.717, 1.165) is 28.0 Å². The number of rotatable bonds is 11. The Labute approximate surface area is 163 Å². The first kappa shape index (κ1) is 19.6. The second-order valence-corrected chi connectivity index (χ2v) is 5.93. The highest BCUT2D eigenvalue weighted by molar-refractivity contribution is 5.81. The van der Waals surface area contributed by atoms with Gasteiger partial charge in [-0.3, -0.25) is 0 Å². The summed E-state index contributed by atoms with van der Waals surface area (Å²) in [6.45, 7) is 2.93. The lowest BCUT2D eigenvalue weighted by atomic mass is 10.1. The van der Waals surface area contributed by atoms with Gasteiger partial charge in [-0.1, -0.05) is 29.4 Å². The molecule has 3 aromatic rings. The minimum absolute atomic E-state index is 0.342. The van der Waals surface area contributed by atoms with E-state index in [4.69, 9.17) is 15.0 Å². The second kappa shape index (κ2) is 10.8. The van der Waals surface area contributed by atoms with E-state index in [9.17, 15) is 0 Å². The Balaban J connectivity index is 1.39. The molecule has 0 aliphatic carbocycles. The molecule has 0 saturated heterocycles. The van der Waals surface area contributed by atoms with Gasteiger partial charge in [-0.25, -0.2) is 9.97 Å². The number of pyridine rings is 2. The Kier molecular flexibility index (Phi) is 7.57. The molecule has 0 aliphatic rings. The van der Waals surface area contributed by atoms with Crippen LogP contribution in [0, 0.1) is 0 Å². The summed E-state index contributed by atoms with van der Waals surface area (Å²) in [5, 5.41) is 7.73. The van der Waals surface area contributed by atoms with Crippen LogP contribution in [0.25, 0.3) is 32.6 Å². The Morgan fingerprint density at radius 3 is 2.64 bits per heavy atom. The van der Waals surface area contributed by atoms with E-state index in [1.54, 1.807) is 0 Å². The lowest BCUT2D eigenvalue weighted by Crippen LogP contribution is -2.13. The van der Waals surface area contributed by atoms with Crippen molar-refractivity contribution >= 4 is 16.7 Å². The van der Waals surface area contributed by atoms with Crippen LogP contribution in [0.3, 0.4) is 0 Å². The number of para-hydroxylation sites is 1. The highest BCUT2D eigenvalue weighted by atomic mass is 16.5. The number of ether oxygens (including phenoxy) is 2. The van der Waals surface area contributed by atoms with Gasteiger partial charge >= 0.3 is 0 Å². The molecule has 144 valence electrons. The molecule has 8 nitrogen and oxygen atoms in total. The van der Waals surface area contributed by atoms with Crippen LogP contribution in [0.4, 0.5) is 5.82 Å². The molecule has 0 radical (unpaired) electrons. The normalized spacial score (nSPS) is 10.6. The Morgan fingerprint density at radius 1 is 0.964 bits per heavy atom. The monoisotopic (exact) mass is 378 g/mol. The maximum absolute atomic E-state index is 8.13. The number of fused-ring (bicyclic) bond motifs is 1. The molecule has 0 unspecified atom stereocenters. The number of hydrogen-bond acceptors (Lipinski definition) is 6. The Morgan fingerprint density at radius 2 is 1.82 bits per heavy atom. The van der Waals surface area contributed by atoms with Crippen molar-refractivity contribution in [3.8, 4) is 11.3 Å². The lowest BCUT2D eigenvalue weighted by molar-refractivity contribution is 0.0548. The third kappa shape index (κ3) is 5.92. The van der Waals surface area contributed by atoms with E-state index in [-0.39, 0.29) is 0 Å². The fourth-order valence-corrected chi connectivity index (χ4v) is 2.60. The average Bonchev–Trinajstić information content (AvgIpc) is 2.75. The zero-order valence-electron chi connectivity index (χ0n) is 15.5. The minimum atomic E-state index is 0.342. The van der Waals surface area contributed by atoms with Crippen LogP contribution < -0.4 is 5.32 Å². The summed E-state index contributed by atoms with van der Waals surface area (Å²) in [5.41, 5.74) is 11.0. The predicted molar refractivity (Wildman–Crippen MR) is 109 cm³/mol. The molecule has 1 N–H and O–H groups in total. The van der Waals surface area contributed by atoms with Crippen molar-refractivity contribution in [3.63, 3.8) is 0 Å². The van der Waals surface area contributed by atoms with Gasteiger partial charge in [-0.2, -0.15) is 0 Å². The van der Waals surface area contributed by atoms with Gasteiger partial charge in [-0.05, 0) is 29.8 Å². The first-order valence-corrected chi connectivity index (χ1v) is 9.09. The Bertz CT molecular complexity index is 925. The molecular formula is C20H22N6O2. The summed E-state index contributed by atoms with van der Waals surface area (Å²) in [4.78, 5) is 11.8. The summed E-state index contributed by atoms with van der Waals surface area (Å²) in [6.07, 6.45) is 1.82. The first-order chi connectivity index (χ1) is 13.9. The van der Waals surface area contributed by atoms with E-state index >= 15 is 0 Å². The summed E-state index contributed by atoms with van der Waals surface area (Å²) >= 11 is 0. The SMILES string of the molecule is [N-]=[N+]=NCCOCCOCCNc1ccc(-c2ccc3ccccc3n2)cn1. The van der Waals surface area contributed by atoms with Gasteiger partial charge in [0.2, 0.25) is 0 Å². The summed E-state index contributed by atoms with van der Waals surface area (Å²) in [6, 6.07) is 16.1. The molecule has 0 amide bonds. The quantitative estimate of drug-likeness (QED) is 0.234. The van der Waals surface area contributed by atoms with E-state index in [0.29, 0.717) is 39.5 Å². The van der Waals surface area contributed by atoms with Gasteiger partial charge in [0.1, 0.15) is 5.82 Å². The zero-order valence-corrected chi connectivity index (χ0v) is 15.5. The van der Waals surface area contributed by atoms with Gasteiger partial charge in [0.05, 0.1) is 37.6 Å². The molecule has 3 rings (SSSR count). The highest BCUT2D eigenvalue weighted by Gasteiger charge is 2.02. The van der Waals surface area contributed by atoms with E-state index < -0.39 is 0 Å². The van der Waals surface area contributed by atoms with Gasteiger partial charge in [-0.15, -0.1) is 0 Å². The van der Waals surface area contributed by atoms with E-state index in [1.807, 2.05) is 42.6 Å². The zero-order chi connectivity index (χ0) is 19.4. The molecule has 0 aliphatic heterocycles. The van der Waals surface area contributed by atoms with Crippen molar-refractivity contribution in [1.29, 1.82) is 0 Å². The molecule has 0 spiro atoms. The number of hydrogen-bond donors (Lipinski definition) is 1. The number of azide groups is 1. The first-order valence-electron chi connectivity index (χ1n) is 9.09. The Hall–Kier alpha value is -3.19. The molecular weight excluding hydrogens is 356 g/mol. The smallest absolute Gasteiger partial charge is 0.125 e. The molecule has 0 bridgehead atoms. The topological polar surface area (TPSA) is 105 Å². The molecule has 0 atom stereocenters.